The molecule has 228 valence electrons. The van der Waals surface area contributed by atoms with Gasteiger partial charge in [-0.05, 0) is 87.9 Å². The van der Waals surface area contributed by atoms with Crippen molar-refractivity contribution in [1.29, 1.82) is 0 Å². The van der Waals surface area contributed by atoms with Crippen molar-refractivity contribution in [2.75, 3.05) is 0 Å². The fourth-order valence-electron chi connectivity index (χ4n) is 7.15. The van der Waals surface area contributed by atoms with Gasteiger partial charge in [-0.1, -0.05) is 146 Å². The lowest BCUT2D eigenvalue weighted by Crippen LogP contribution is -2.01. The zero-order valence-electron chi connectivity index (χ0n) is 26.4. The van der Waals surface area contributed by atoms with E-state index in [-0.39, 0.29) is 0 Å². The number of hydrogen-bond donors (Lipinski definition) is 1. The highest BCUT2D eigenvalue weighted by atomic mass is 16.3. The molecule has 1 aliphatic carbocycles. The van der Waals surface area contributed by atoms with Crippen molar-refractivity contribution in [3.63, 3.8) is 0 Å². The van der Waals surface area contributed by atoms with Crippen LogP contribution in [0.4, 0.5) is 0 Å². The molecular formula is C45H37NO. The molecule has 0 amide bonds. The summed E-state index contributed by atoms with van der Waals surface area (Å²) in [5.74, 6) is 0.528. The maximum absolute atomic E-state index is 6.60. The lowest BCUT2D eigenvalue weighted by Gasteiger charge is -2.17. The first kappa shape index (κ1) is 28.8. The summed E-state index contributed by atoms with van der Waals surface area (Å²) in [5, 5.41) is 2.29. The van der Waals surface area contributed by atoms with Gasteiger partial charge in [-0.3, -0.25) is 0 Å². The first-order chi connectivity index (χ1) is 23.2. The van der Waals surface area contributed by atoms with Gasteiger partial charge in [0.05, 0.1) is 0 Å². The Morgan fingerprint density at radius 2 is 1.32 bits per heavy atom. The maximum Gasteiger partial charge on any atom is 0.136 e. The van der Waals surface area contributed by atoms with Crippen LogP contribution in [0.3, 0.4) is 0 Å². The number of benzene rings is 6. The molecule has 0 radical (unpaired) electrons. The molecule has 2 N–H and O–H groups in total. The molecule has 0 aliphatic heterocycles. The molecule has 0 saturated heterocycles. The third-order valence-electron chi connectivity index (χ3n) is 9.56. The minimum Gasteiger partial charge on any atom is -0.456 e. The van der Waals surface area contributed by atoms with Crippen molar-refractivity contribution in [3.8, 4) is 33.4 Å². The minimum atomic E-state index is 0.528. The van der Waals surface area contributed by atoms with Gasteiger partial charge in [-0.15, -0.1) is 0 Å². The van der Waals surface area contributed by atoms with Gasteiger partial charge in [0.1, 0.15) is 11.2 Å². The summed E-state index contributed by atoms with van der Waals surface area (Å²) in [5.41, 5.74) is 20.1. The highest BCUT2D eigenvalue weighted by Crippen LogP contribution is 2.42. The quantitative estimate of drug-likeness (QED) is 0.183. The average molecular weight is 608 g/mol. The van der Waals surface area contributed by atoms with E-state index in [2.05, 4.69) is 146 Å². The first-order valence-corrected chi connectivity index (χ1v) is 16.6. The van der Waals surface area contributed by atoms with Crippen LogP contribution < -0.4 is 5.73 Å². The average Bonchev–Trinajstić information content (AvgIpc) is 3.53. The number of nitrogens with two attached hydrogens (primary N) is 1. The molecule has 1 unspecified atom stereocenters. The zero-order valence-corrected chi connectivity index (χ0v) is 26.4. The number of fused-ring (bicyclic) bond motifs is 3. The van der Waals surface area contributed by atoms with Gasteiger partial charge < -0.3 is 10.2 Å². The second kappa shape index (κ2) is 12.7. The van der Waals surface area contributed by atoms with Crippen LogP contribution >= 0.6 is 0 Å². The van der Waals surface area contributed by atoms with E-state index < -0.39 is 0 Å². The second-order valence-electron chi connectivity index (χ2n) is 12.5. The van der Waals surface area contributed by atoms with Crippen molar-refractivity contribution in [1.82, 2.24) is 0 Å². The molecule has 0 spiro atoms. The standard InChI is InChI=1S/C45H37NO/c46-42(34-27-25-33(26-28-34)32-13-2-1-3-14-32)29-24-31-12-10-15-35(30-31)36-16-4-5-17-37(36)38-18-6-7-19-39(38)40-21-11-23-44-45(40)41-20-8-9-22-43(41)47-44/h2,4-13,15-23,25-30,32H,1,3,14,24,46H2/b42-29-. The van der Waals surface area contributed by atoms with E-state index >= 15 is 0 Å². The van der Waals surface area contributed by atoms with Crippen molar-refractivity contribution >= 4 is 27.6 Å². The Morgan fingerprint density at radius 3 is 2.11 bits per heavy atom. The Hall–Kier alpha value is -5.60. The Kier molecular flexibility index (Phi) is 7.77. The van der Waals surface area contributed by atoms with E-state index in [9.17, 15) is 0 Å². The molecule has 6 aromatic carbocycles. The fourth-order valence-corrected chi connectivity index (χ4v) is 7.15. The van der Waals surface area contributed by atoms with E-state index in [1.807, 2.05) is 12.1 Å². The largest absolute Gasteiger partial charge is 0.456 e. The van der Waals surface area contributed by atoms with Crippen LogP contribution in [-0.4, -0.2) is 0 Å². The molecule has 0 fully saturated rings. The molecule has 2 heteroatoms. The highest BCUT2D eigenvalue weighted by Gasteiger charge is 2.17. The Labute approximate surface area is 276 Å². The summed E-state index contributed by atoms with van der Waals surface area (Å²) in [7, 11) is 0. The number of allylic oxidation sites excluding steroid dienone is 3. The van der Waals surface area contributed by atoms with Crippen LogP contribution in [0.5, 0.6) is 0 Å². The molecule has 0 bridgehead atoms. The van der Waals surface area contributed by atoms with Crippen molar-refractivity contribution in [2.24, 2.45) is 5.73 Å². The van der Waals surface area contributed by atoms with Gasteiger partial charge >= 0.3 is 0 Å². The molecule has 1 aromatic heterocycles. The fraction of sp³-hybridized carbons (Fsp3) is 0.111. The van der Waals surface area contributed by atoms with Gasteiger partial charge in [0.15, 0.2) is 0 Å². The summed E-state index contributed by atoms with van der Waals surface area (Å²) in [6.45, 7) is 0. The second-order valence-corrected chi connectivity index (χ2v) is 12.5. The van der Waals surface area contributed by atoms with Gasteiger partial charge in [0, 0.05) is 22.4 Å². The first-order valence-electron chi connectivity index (χ1n) is 16.6. The molecule has 1 atom stereocenters. The molecule has 8 rings (SSSR count). The predicted octanol–water partition coefficient (Wildman–Crippen LogP) is 12.0. The summed E-state index contributed by atoms with van der Waals surface area (Å²) in [4.78, 5) is 0. The lowest BCUT2D eigenvalue weighted by molar-refractivity contribution is 0.654. The summed E-state index contributed by atoms with van der Waals surface area (Å²) in [6.07, 6.45) is 11.3. The van der Waals surface area contributed by atoms with Crippen molar-refractivity contribution in [2.45, 2.75) is 31.6 Å². The summed E-state index contributed by atoms with van der Waals surface area (Å²) >= 11 is 0. The Balaban J connectivity index is 1.11. The van der Waals surface area contributed by atoms with Gasteiger partial charge in [0.25, 0.3) is 0 Å². The van der Waals surface area contributed by atoms with E-state index in [0.717, 1.165) is 39.6 Å². The third kappa shape index (κ3) is 5.68. The molecule has 1 aliphatic rings. The SMILES string of the molecule is N/C(=C\Cc1cccc(-c2ccccc2-c2ccccc2-c2cccc3oc4ccccc4c23)c1)c1ccc(C2C=CCCC2)cc1. The van der Waals surface area contributed by atoms with Gasteiger partial charge in [0.2, 0.25) is 0 Å². The molecule has 2 nitrogen and oxygen atoms in total. The summed E-state index contributed by atoms with van der Waals surface area (Å²) < 4.78 is 6.25. The molecular weight excluding hydrogens is 571 g/mol. The summed E-state index contributed by atoms with van der Waals surface area (Å²) in [6, 6.07) is 49.8. The Morgan fingerprint density at radius 1 is 0.660 bits per heavy atom. The van der Waals surface area contributed by atoms with Crippen LogP contribution in [0.2, 0.25) is 0 Å². The highest BCUT2D eigenvalue weighted by molar-refractivity contribution is 6.13. The Bertz CT molecular complexity index is 2270. The van der Waals surface area contributed by atoms with Crippen LogP contribution in [0.25, 0.3) is 61.0 Å². The molecule has 1 heterocycles. The van der Waals surface area contributed by atoms with Gasteiger partial charge in [-0.25, -0.2) is 0 Å². The van der Waals surface area contributed by atoms with E-state index in [4.69, 9.17) is 10.2 Å². The number of hydrogen-bond acceptors (Lipinski definition) is 2. The number of furan rings is 1. The number of rotatable bonds is 7. The zero-order chi connectivity index (χ0) is 31.6. The van der Waals surface area contributed by atoms with Crippen molar-refractivity contribution in [3.05, 3.63) is 174 Å². The van der Waals surface area contributed by atoms with Crippen LogP contribution in [0.15, 0.2) is 162 Å². The predicted molar refractivity (Wildman–Crippen MR) is 198 cm³/mol. The molecule has 47 heavy (non-hydrogen) atoms. The minimum absolute atomic E-state index is 0.528. The van der Waals surface area contributed by atoms with E-state index in [1.54, 1.807) is 0 Å². The lowest BCUT2D eigenvalue weighted by atomic mass is 9.87. The topological polar surface area (TPSA) is 39.2 Å². The smallest absolute Gasteiger partial charge is 0.136 e. The normalized spacial score (nSPS) is 15.0. The van der Waals surface area contributed by atoms with Crippen LogP contribution in [0.1, 0.15) is 41.9 Å². The number of para-hydroxylation sites is 1. The third-order valence-corrected chi connectivity index (χ3v) is 9.56. The molecule has 7 aromatic rings. The van der Waals surface area contributed by atoms with Crippen LogP contribution in [-0.2, 0) is 6.42 Å². The van der Waals surface area contributed by atoms with E-state index in [0.29, 0.717) is 5.92 Å². The molecule has 0 saturated carbocycles. The van der Waals surface area contributed by atoms with Crippen LogP contribution in [0, 0.1) is 0 Å². The van der Waals surface area contributed by atoms with Gasteiger partial charge in [-0.2, -0.15) is 0 Å². The monoisotopic (exact) mass is 607 g/mol. The maximum atomic E-state index is 6.60. The van der Waals surface area contributed by atoms with Crippen molar-refractivity contribution < 1.29 is 4.42 Å². The van der Waals surface area contributed by atoms with E-state index in [1.165, 1.54) is 63.8 Å².